The minimum Gasteiger partial charge on any atom is -0.360 e. The number of hydrogen-bond donors (Lipinski definition) is 1. The van der Waals surface area contributed by atoms with Crippen LogP contribution in [0.1, 0.15) is 0 Å². The number of halogens is 2. The second-order valence-corrected chi connectivity index (χ2v) is 2.53. The van der Waals surface area contributed by atoms with E-state index in [2.05, 4.69) is 9.97 Å². The molecular formula is C7H4ClFN2. The molecule has 4 heteroatoms. The van der Waals surface area contributed by atoms with Gasteiger partial charge < -0.3 is 4.98 Å². The van der Waals surface area contributed by atoms with E-state index in [1.54, 1.807) is 12.3 Å². The zero-order valence-electron chi connectivity index (χ0n) is 5.44. The van der Waals surface area contributed by atoms with Crippen LogP contribution >= 0.6 is 11.6 Å². The maximum absolute atomic E-state index is 12.7. The fraction of sp³-hybridized carbons (Fsp3) is 0. The minimum absolute atomic E-state index is 0.0860. The summed E-state index contributed by atoms with van der Waals surface area (Å²) in [6, 6.07) is 3.06. The molecule has 2 aromatic rings. The van der Waals surface area contributed by atoms with Crippen molar-refractivity contribution in [3.8, 4) is 0 Å². The summed E-state index contributed by atoms with van der Waals surface area (Å²) in [6.07, 6.45) is 1.69. The predicted molar refractivity (Wildman–Crippen MR) is 41.1 cm³/mol. The lowest BCUT2D eigenvalue weighted by atomic mass is 10.4. The third-order valence-corrected chi connectivity index (χ3v) is 1.71. The molecule has 0 saturated carbocycles. The zero-order valence-corrected chi connectivity index (χ0v) is 6.19. The highest BCUT2D eigenvalue weighted by atomic mass is 35.5. The summed E-state index contributed by atoms with van der Waals surface area (Å²) in [4.78, 5) is 6.62. The summed E-state index contributed by atoms with van der Waals surface area (Å²) in [5.74, 6) is -0.499. The van der Waals surface area contributed by atoms with Gasteiger partial charge in [-0.3, -0.25) is 0 Å². The molecule has 0 radical (unpaired) electrons. The van der Waals surface area contributed by atoms with E-state index < -0.39 is 5.82 Å². The van der Waals surface area contributed by atoms with Gasteiger partial charge in [-0.2, -0.15) is 0 Å². The number of fused-ring (bicyclic) bond motifs is 1. The molecule has 2 rings (SSSR count). The second-order valence-electron chi connectivity index (χ2n) is 2.17. The third kappa shape index (κ3) is 0.973. The van der Waals surface area contributed by atoms with E-state index in [1.807, 2.05) is 0 Å². The lowest BCUT2D eigenvalue weighted by molar-refractivity contribution is 0.624. The largest absolute Gasteiger partial charge is 0.360 e. The van der Waals surface area contributed by atoms with Gasteiger partial charge in [0, 0.05) is 12.3 Å². The maximum atomic E-state index is 12.7. The Hall–Kier alpha value is -1.09. The van der Waals surface area contributed by atoms with Crippen LogP contribution in [0, 0.1) is 5.82 Å². The highest BCUT2D eigenvalue weighted by Crippen LogP contribution is 2.17. The first-order valence-corrected chi connectivity index (χ1v) is 3.44. The Morgan fingerprint density at radius 2 is 2.36 bits per heavy atom. The summed E-state index contributed by atoms with van der Waals surface area (Å²) in [5.41, 5.74) is 1.34. The first kappa shape index (κ1) is 6.61. The second kappa shape index (κ2) is 2.20. The first-order valence-electron chi connectivity index (χ1n) is 3.06. The van der Waals surface area contributed by atoms with Crippen LogP contribution in [0.5, 0.6) is 0 Å². The van der Waals surface area contributed by atoms with Crippen molar-refractivity contribution < 1.29 is 4.39 Å². The molecule has 0 bridgehead atoms. The molecule has 2 heterocycles. The first-order chi connectivity index (χ1) is 5.27. The van der Waals surface area contributed by atoms with Gasteiger partial charge >= 0.3 is 0 Å². The molecule has 1 N–H and O–H groups in total. The summed E-state index contributed by atoms with van der Waals surface area (Å²) >= 11 is 5.44. The molecule has 11 heavy (non-hydrogen) atoms. The van der Waals surface area contributed by atoms with Gasteiger partial charge in [0.1, 0.15) is 0 Å². The SMILES string of the molecule is Fc1cc2[nH]ccc2nc1Cl. The van der Waals surface area contributed by atoms with Crippen LogP contribution in [-0.4, -0.2) is 9.97 Å². The van der Waals surface area contributed by atoms with Gasteiger partial charge in [-0.05, 0) is 6.07 Å². The predicted octanol–water partition coefficient (Wildman–Crippen LogP) is 2.36. The van der Waals surface area contributed by atoms with E-state index in [0.29, 0.717) is 11.0 Å². The van der Waals surface area contributed by atoms with E-state index in [-0.39, 0.29) is 5.15 Å². The van der Waals surface area contributed by atoms with E-state index in [4.69, 9.17) is 11.6 Å². The Labute approximate surface area is 67.0 Å². The van der Waals surface area contributed by atoms with Gasteiger partial charge in [-0.15, -0.1) is 0 Å². The van der Waals surface area contributed by atoms with Crippen molar-refractivity contribution in [1.82, 2.24) is 9.97 Å². The Bertz CT molecular complexity index is 360. The topological polar surface area (TPSA) is 28.7 Å². The van der Waals surface area contributed by atoms with E-state index in [1.165, 1.54) is 6.07 Å². The fourth-order valence-corrected chi connectivity index (χ4v) is 1.08. The lowest BCUT2D eigenvalue weighted by Gasteiger charge is -1.92. The molecule has 0 spiro atoms. The smallest absolute Gasteiger partial charge is 0.165 e. The monoisotopic (exact) mass is 170 g/mol. The third-order valence-electron chi connectivity index (χ3n) is 1.44. The number of pyridine rings is 1. The van der Waals surface area contributed by atoms with Crippen LogP contribution < -0.4 is 0 Å². The van der Waals surface area contributed by atoms with Crippen LogP contribution in [-0.2, 0) is 0 Å². The van der Waals surface area contributed by atoms with Crippen molar-refractivity contribution in [3.05, 3.63) is 29.3 Å². The molecule has 0 saturated heterocycles. The minimum atomic E-state index is -0.499. The van der Waals surface area contributed by atoms with Gasteiger partial charge in [0.25, 0.3) is 0 Å². The summed E-state index contributed by atoms with van der Waals surface area (Å²) in [5, 5.41) is -0.0860. The van der Waals surface area contributed by atoms with Crippen LogP contribution in [0.25, 0.3) is 11.0 Å². The quantitative estimate of drug-likeness (QED) is 0.604. The van der Waals surface area contributed by atoms with Crippen molar-refractivity contribution in [3.63, 3.8) is 0 Å². The normalized spacial score (nSPS) is 10.7. The average Bonchev–Trinajstić information content (AvgIpc) is 2.36. The standard InChI is InChI=1S/C7H4ClFN2/c8-7-4(9)3-6-5(11-7)1-2-10-6/h1-3,10H. The molecule has 0 fully saturated rings. The Balaban J connectivity index is 2.86. The van der Waals surface area contributed by atoms with E-state index in [0.717, 1.165) is 0 Å². The Morgan fingerprint density at radius 3 is 3.18 bits per heavy atom. The van der Waals surface area contributed by atoms with Crippen LogP contribution in [0.3, 0.4) is 0 Å². The number of aromatic nitrogens is 2. The summed E-state index contributed by atoms with van der Waals surface area (Å²) < 4.78 is 12.7. The van der Waals surface area contributed by atoms with Gasteiger partial charge in [0.05, 0.1) is 11.0 Å². The number of aromatic amines is 1. The fourth-order valence-electron chi connectivity index (χ4n) is 0.933. The number of nitrogens with one attached hydrogen (secondary N) is 1. The molecule has 0 aliphatic carbocycles. The molecule has 2 aromatic heterocycles. The number of H-pyrrole nitrogens is 1. The molecule has 0 aliphatic heterocycles. The molecule has 0 unspecified atom stereocenters. The average molecular weight is 171 g/mol. The number of hydrogen-bond acceptors (Lipinski definition) is 1. The van der Waals surface area contributed by atoms with Crippen molar-refractivity contribution in [2.75, 3.05) is 0 Å². The lowest BCUT2D eigenvalue weighted by Crippen LogP contribution is -1.81. The molecule has 0 aromatic carbocycles. The molecule has 0 atom stereocenters. The van der Waals surface area contributed by atoms with E-state index in [9.17, 15) is 4.39 Å². The van der Waals surface area contributed by atoms with Gasteiger partial charge in [-0.1, -0.05) is 11.6 Å². The van der Waals surface area contributed by atoms with Crippen LogP contribution in [0.2, 0.25) is 5.15 Å². The molecule has 56 valence electrons. The van der Waals surface area contributed by atoms with Gasteiger partial charge in [0.15, 0.2) is 11.0 Å². The van der Waals surface area contributed by atoms with Crippen molar-refractivity contribution in [2.45, 2.75) is 0 Å². The molecule has 0 amide bonds. The van der Waals surface area contributed by atoms with Crippen molar-refractivity contribution in [1.29, 1.82) is 0 Å². The Kier molecular flexibility index (Phi) is 1.32. The highest BCUT2D eigenvalue weighted by molar-refractivity contribution is 6.29. The van der Waals surface area contributed by atoms with Crippen molar-refractivity contribution in [2.24, 2.45) is 0 Å². The van der Waals surface area contributed by atoms with Gasteiger partial charge in [0.2, 0.25) is 0 Å². The molecular weight excluding hydrogens is 167 g/mol. The zero-order chi connectivity index (χ0) is 7.84. The van der Waals surface area contributed by atoms with Crippen molar-refractivity contribution >= 4 is 22.6 Å². The van der Waals surface area contributed by atoms with Gasteiger partial charge in [-0.25, -0.2) is 9.37 Å². The number of nitrogens with zero attached hydrogens (tertiary/aromatic N) is 1. The highest BCUT2D eigenvalue weighted by Gasteiger charge is 2.03. The van der Waals surface area contributed by atoms with Crippen LogP contribution in [0.15, 0.2) is 18.3 Å². The van der Waals surface area contributed by atoms with Crippen LogP contribution in [0.4, 0.5) is 4.39 Å². The van der Waals surface area contributed by atoms with E-state index >= 15 is 0 Å². The number of rotatable bonds is 0. The Morgan fingerprint density at radius 1 is 1.55 bits per heavy atom. The molecule has 2 nitrogen and oxygen atoms in total. The summed E-state index contributed by atoms with van der Waals surface area (Å²) in [6.45, 7) is 0. The maximum Gasteiger partial charge on any atom is 0.165 e. The summed E-state index contributed by atoms with van der Waals surface area (Å²) in [7, 11) is 0. The molecule has 0 aliphatic rings.